The maximum absolute atomic E-state index is 4.64. The Bertz CT molecular complexity index is 2880. The minimum Gasteiger partial charge on any atom is -0.387 e. The summed E-state index contributed by atoms with van der Waals surface area (Å²) >= 11 is 0. The first-order valence-electron chi connectivity index (χ1n) is 18.5. The van der Waals surface area contributed by atoms with E-state index in [0.29, 0.717) is 0 Å². The van der Waals surface area contributed by atoms with E-state index in [1.54, 1.807) is 0 Å². The number of nitrogens with zero attached hydrogens (tertiary/aromatic N) is 3. The van der Waals surface area contributed by atoms with E-state index in [9.17, 15) is 0 Å². The summed E-state index contributed by atoms with van der Waals surface area (Å²) in [6, 6.07) is 51.4. The number of fused-ring (bicyclic) bond motifs is 8. The lowest BCUT2D eigenvalue weighted by molar-refractivity contribution is 0.689. The molecule has 0 bridgehead atoms. The van der Waals surface area contributed by atoms with Gasteiger partial charge in [0.05, 0.1) is 22.0 Å². The summed E-state index contributed by atoms with van der Waals surface area (Å²) in [4.78, 5) is 4.64. The Morgan fingerprint density at radius 3 is 2.19 bits per heavy atom. The van der Waals surface area contributed by atoms with Crippen molar-refractivity contribution in [2.45, 2.75) is 11.8 Å². The van der Waals surface area contributed by atoms with Crippen LogP contribution in [-0.2, 0) is 5.41 Å². The maximum Gasteiger partial charge on any atom is 0.0682 e. The molecular formula is C49H36N4. The van der Waals surface area contributed by atoms with Gasteiger partial charge < -0.3 is 14.5 Å². The number of aromatic nitrogens is 2. The highest BCUT2D eigenvalue weighted by molar-refractivity contribution is 6.15. The number of benzene rings is 6. The molecule has 4 heterocycles. The van der Waals surface area contributed by atoms with Crippen LogP contribution in [0.2, 0.25) is 0 Å². The van der Waals surface area contributed by atoms with E-state index in [-0.39, 0.29) is 0 Å². The zero-order valence-electron chi connectivity index (χ0n) is 29.2. The molecule has 0 saturated carbocycles. The third-order valence-corrected chi connectivity index (χ3v) is 11.7. The van der Waals surface area contributed by atoms with E-state index in [2.05, 4.69) is 190 Å². The summed E-state index contributed by atoms with van der Waals surface area (Å²) in [5.74, 6) is 0. The van der Waals surface area contributed by atoms with Crippen LogP contribution in [0.4, 0.5) is 0 Å². The van der Waals surface area contributed by atoms with Crippen molar-refractivity contribution in [2.24, 2.45) is 4.99 Å². The van der Waals surface area contributed by atoms with Gasteiger partial charge in [0.25, 0.3) is 0 Å². The number of para-hydroxylation sites is 2. The van der Waals surface area contributed by atoms with E-state index in [1.807, 2.05) is 6.21 Å². The van der Waals surface area contributed by atoms with Crippen molar-refractivity contribution in [3.05, 3.63) is 192 Å². The quantitative estimate of drug-likeness (QED) is 0.193. The molecule has 53 heavy (non-hydrogen) atoms. The molecule has 4 heteroatoms. The fraction of sp³-hybridized carbons (Fsp3) is 0.0816. The minimum absolute atomic E-state index is 0.422. The van der Waals surface area contributed by atoms with Gasteiger partial charge in [-0.1, -0.05) is 97.1 Å². The van der Waals surface area contributed by atoms with Gasteiger partial charge in [0.2, 0.25) is 0 Å². The molecule has 6 aromatic carbocycles. The van der Waals surface area contributed by atoms with E-state index in [4.69, 9.17) is 0 Å². The fourth-order valence-corrected chi connectivity index (χ4v) is 9.41. The van der Waals surface area contributed by atoms with Gasteiger partial charge in [0.1, 0.15) is 0 Å². The highest BCUT2D eigenvalue weighted by Gasteiger charge is 2.49. The third kappa shape index (κ3) is 4.33. The second-order valence-electron chi connectivity index (χ2n) is 14.3. The summed E-state index contributed by atoms with van der Waals surface area (Å²) in [6.45, 7) is 1.61. The van der Waals surface area contributed by atoms with Crippen molar-refractivity contribution in [3.63, 3.8) is 0 Å². The molecule has 2 aliphatic heterocycles. The predicted molar refractivity (Wildman–Crippen MR) is 221 cm³/mol. The van der Waals surface area contributed by atoms with Crippen LogP contribution < -0.4 is 5.32 Å². The number of hydrogen-bond donors (Lipinski definition) is 1. The summed E-state index contributed by atoms with van der Waals surface area (Å²) in [7, 11) is 0. The second kappa shape index (κ2) is 11.7. The van der Waals surface area contributed by atoms with Crippen LogP contribution in [0, 0.1) is 0 Å². The molecule has 3 aliphatic rings. The molecule has 0 saturated heterocycles. The van der Waals surface area contributed by atoms with E-state index in [1.165, 1.54) is 77.2 Å². The Morgan fingerprint density at radius 2 is 1.40 bits per heavy atom. The Labute approximate surface area is 308 Å². The van der Waals surface area contributed by atoms with Gasteiger partial charge in [-0.15, -0.1) is 0 Å². The van der Waals surface area contributed by atoms with Gasteiger partial charge in [-0.3, -0.25) is 4.99 Å². The lowest BCUT2D eigenvalue weighted by Gasteiger charge is -2.38. The van der Waals surface area contributed by atoms with E-state index in [0.717, 1.165) is 30.9 Å². The largest absolute Gasteiger partial charge is 0.387 e. The van der Waals surface area contributed by atoms with E-state index >= 15 is 0 Å². The van der Waals surface area contributed by atoms with Gasteiger partial charge in [0, 0.05) is 47.6 Å². The Morgan fingerprint density at radius 1 is 0.642 bits per heavy atom. The molecule has 8 aromatic rings. The summed E-state index contributed by atoms with van der Waals surface area (Å²) in [6.07, 6.45) is 14.2. The lowest BCUT2D eigenvalue weighted by Crippen LogP contribution is -2.33. The molecule has 4 nitrogen and oxygen atoms in total. The van der Waals surface area contributed by atoms with Crippen LogP contribution in [-0.4, -0.2) is 28.4 Å². The minimum atomic E-state index is -0.422. The maximum atomic E-state index is 4.64. The number of aliphatic imine (C=N–C) groups is 1. The van der Waals surface area contributed by atoms with Crippen molar-refractivity contribution in [1.82, 2.24) is 14.5 Å². The van der Waals surface area contributed by atoms with Crippen LogP contribution >= 0.6 is 0 Å². The second-order valence-corrected chi connectivity index (χ2v) is 14.3. The summed E-state index contributed by atoms with van der Waals surface area (Å²) in [5, 5.41) is 7.27. The molecule has 0 spiro atoms. The molecule has 11 rings (SSSR count). The smallest absolute Gasteiger partial charge is 0.0682 e. The molecule has 1 atom stereocenters. The van der Waals surface area contributed by atoms with Gasteiger partial charge in [-0.25, -0.2) is 0 Å². The number of hydrogen-bond acceptors (Lipinski definition) is 2. The monoisotopic (exact) mass is 680 g/mol. The molecule has 2 aromatic heterocycles. The highest BCUT2D eigenvalue weighted by Crippen LogP contribution is 2.60. The summed E-state index contributed by atoms with van der Waals surface area (Å²) < 4.78 is 4.72. The highest BCUT2D eigenvalue weighted by atomic mass is 15.0. The molecule has 252 valence electrons. The van der Waals surface area contributed by atoms with Gasteiger partial charge in [-0.05, 0) is 123 Å². The van der Waals surface area contributed by atoms with Crippen LogP contribution in [0.15, 0.2) is 186 Å². The molecular weight excluding hydrogens is 645 g/mol. The SMILES string of the molecule is C1=CC(C2(C3=CC=NCC3)c3ccccc3-c3ccc4c(c32)c2ccccc2n4-c2ccc(-c3ccc(-n4ccc5ccccc54)cc3)cc2)=CCN1. The van der Waals surface area contributed by atoms with Crippen molar-refractivity contribution in [3.8, 4) is 33.6 Å². The standard InChI is InChI=1S/C49H36N4/c1-5-11-44-35(7-1)27-32-52(44)38-17-13-33(14-18-38)34-15-19-39(20-16-34)53-45-12-6-3-9-42(45)47-46(53)22-21-41-40-8-2-4-10-43(40)49(48(41)47,36-23-28-50-29-24-36)37-25-30-51-31-26-37/h1-25,27-28,30,32,50H,26,29,31H2. The fourth-order valence-electron chi connectivity index (χ4n) is 9.41. The molecule has 0 radical (unpaired) electrons. The zero-order chi connectivity index (χ0) is 34.9. The Balaban J connectivity index is 1.09. The number of nitrogens with one attached hydrogen (secondary N) is 1. The van der Waals surface area contributed by atoms with Crippen LogP contribution in [0.25, 0.3) is 66.3 Å². The zero-order valence-corrected chi connectivity index (χ0v) is 29.2. The van der Waals surface area contributed by atoms with Crippen molar-refractivity contribution in [1.29, 1.82) is 0 Å². The number of allylic oxidation sites excluding steroid dienone is 3. The molecule has 1 N–H and O–H groups in total. The van der Waals surface area contributed by atoms with Gasteiger partial charge in [-0.2, -0.15) is 0 Å². The van der Waals surface area contributed by atoms with Crippen molar-refractivity contribution >= 4 is 38.9 Å². The van der Waals surface area contributed by atoms with Crippen LogP contribution in [0.3, 0.4) is 0 Å². The Hall–Kier alpha value is -6.65. The Kier molecular flexibility index (Phi) is 6.62. The predicted octanol–water partition coefficient (Wildman–Crippen LogP) is 11.1. The van der Waals surface area contributed by atoms with Gasteiger partial charge in [0.15, 0.2) is 0 Å². The average molecular weight is 681 g/mol. The van der Waals surface area contributed by atoms with E-state index < -0.39 is 5.41 Å². The molecule has 0 amide bonds. The average Bonchev–Trinajstić information content (AvgIpc) is 3.91. The van der Waals surface area contributed by atoms with Gasteiger partial charge >= 0.3 is 0 Å². The summed E-state index contributed by atoms with van der Waals surface area (Å²) in [5.41, 5.74) is 16.1. The van der Waals surface area contributed by atoms with Crippen LogP contribution in [0.5, 0.6) is 0 Å². The lowest BCUT2D eigenvalue weighted by atomic mass is 9.64. The van der Waals surface area contributed by atoms with Crippen molar-refractivity contribution < 1.29 is 0 Å². The molecule has 0 fully saturated rings. The molecule has 1 unspecified atom stereocenters. The topological polar surface area (TPSA) is 34.2 Å². The first-order valence-corrected chi connectivity index (χ1v) is 18.5. The first kappa shape index (κ1) is 30.0. The number of dihydropyridines is 2. The number of rotatable bonds is 5. The normalized spacial score (nSPS) is 17.5. The van der Waals surface area contributed by atoms with Crippen LogP contribution in [0.1, 0.15) is 17.5 Å². The molecule has 1 aliphatic carbocycles. The first-order chi connectivity index (χ1) is 26.3. The van der Waals surface area contributed by atoms with Crippen molar-refractivity contribution in [2.75, 3.05) is 13.1 Å². The third-order valence-electron chi connectivity index (χ3n) is 11.7.